The molecule has 0 radical (unpaired) electrons. The number of carbonyl (C=O) groups is 1. The number of hydrogen-bond donors (Lipinski definition) is 0. The fraction of sp³-hybridized carbons (Fsp3) is 0.353. The first-order chi connectivity index (χ1) is 11.0. The summed E-state index contributed by atoms with van der Waals surface area (Å²) in [4.78, 5) is 25.3. The van der Waals surface area contributed by atoms with E-state index in [0.717, 1.165) is 34.3 Å². The van der Waals surface area contributed by atoms with Gasteiger partial charge in [0.25, 0.3) is 5.91 Å². The quantitative estimate of drug-likeness (QED) is 0.610. The summed E-state index contributed by atoms with van der Waals surface area (Å²) in [5, 5.41) is 0.831. The van der Waals surface area contributed by atoms with E-state index in [1.807, 2.05) is 38.4 Å². The first kappa shape index (κ1) is 15.9. The van der Waals surface area contributed by atoms with E-state index in [0.29, 0.717) is 5.56 Å². The van der Waals surface area contributed by atoms with Crippen LogP contribution in [0.1, 0.15) is 23.2 Å². The van der Waals surface area contributed by atoms with E-state index in [1.54, 1.807) is 4.90 Å². The number of anilines is 1. The second-order valence-corrected chi connectivity index (χ2v) is 6.81. The standard InChI is InChI=1S/C17H19BrN4O/c1-21(2)11-19-17(23)14-10-16(22-7-3-4-8-22)20-15-9-12(18)5-6-13(14)15/h5-6,9-11H,3-4,7-8H2,1-2H3. The second-order valence-electron chi connectivity index (χ2n) is 5.90. The molecular weight excluding hydrogens is 356 g/mol. The van der Waals surface area contributed by atoms with Crippen LogP contribution in [0.15, 0.2) is 33.7 Å². The van der Waals surface area contributed by atoms with E-state index >= 15 is 0 Å². The van der Waals surface area contributed by atoms with Crippen LogP contribution in [0.5, 0.6) is 0 Å². The third-order valence-electron chi connectivity index (χ3n) is 3.82. The second kappa shape index (κ2) is 6.66. The number of pyridine rings is 1. The predicted molar refractivity (Wildman–Crippen MR) is 97.4 cm³/mol. The minimum Gasteiger partial charge on any atom is -0.369 e. The van der Waals surface area contributed by atoms with Crippen molar-refractivity contribution >= 4 is 44.9 Å². The van der Waals surface area contributed by atoms with Crippen LogP contribution in [0.25, 0.3) is 10.9 Å². The lowest BCUT2D eigenvalue weighted by molar-refractivity contribution is 0.100. The molecule has 1 aliphatic rings. The van der Waals surface area contributed by atoms with Crippen molar-refractivity contribution in [3.63, 3.8) is 0 Å². The summed E-state index contributed by atoms with van der Waals surface area (Å²) >= 11 is 3.48. The van der Waals surface area contributed by atoms with Crippen LogP contribution >= 0.6 is 15.9 Å². The van der Waals surface area contributed by atoms with Gasteiger partial charge >= 0.3 is 0 Å². The molecule has 6 heteroatoms. The summed E-state index contributed by atoms with van der Waals surface area (Å²) in [6, 6.07) is 7.66. The average Bonchev–Trinajstić information content (AvgIpc) is 3.05. The molecule has 0 aliphatic carbocycles. The monoisotopic (exact) mass is 374 g/mol. The van der Waals surface area contributed by atoms with Gasteiger partial charge in [-0.3, -0.25) is 4.79 Å². The third kappa shape index (κ3) is 3.52. The number of nitrogens with zero attached hydrogens (tertiary/aromatic N) is 4. The van der Waals surface area contributed by atoms with Gasteiger partial charge in [0, 0.05) is 37.0 Å². The number of halogens is 1. The van der Waals surface area contributed by atoms with Gasteiger partial charge in [-0.05, 0) is 31.0 Å². The Morgan fingerprint density at radius 2 is 2.04 bits per heavy atom. The van der Waals surface area contributed by atoms with Gasteiger partial charge in [-0.1, -0.05) is 22.0 Å². The normalized spacial score (nSPS) is 14.8. The topological polar surface area (TPSA) is 48.8 Å². The summed E-state index contributed by atoms with van der Waals surface area (Å²) < 4.78 is 0.950. The maximum absolute atomic E-state index is 12.5. The highest BCUT2D eigenvalue weighted by Crippen LogP contribution is 2.28. The molecule has 1 aromatic carbocycles. The van der Waals surface area contributed by atoms with Crippen molar-refractivity contribution in [3.05, 3.63) is 34.3 Å². The molecule has 0 bridgehead atoms. The Labute approximate surface area is 144 Å². The van der Waals surface area contributed by atoms with E-state index in [4.69, 9.17) is 4.98 Å². The first-order valence-electron chi connectivity index (χ1n) is 7.65. The third-order valence-corrected chi connectivity index (χ3v) is 4.32. The van der Waals surface area contributed by atoms with Crippen molar-refractivity contribution in [3.8, 4) is 0 Å². The molecule has 2 heterocycles. The Kier molecular flexibility index (Phi) is 4.61. The van der Waals surface area contributed by atoms with Crippen molar-refractivity contribution < 1.29 is 4.79 Å². The van der Waals surface area contributed by atoms with Gasteiger partial charge < -0.3 is 9.80 Å². The van der Waals surface area contributed by atoms with Crippen LogP contribution < -0.4 is 4.90 Å². The van der Waals surface area contributed by atoms with E-state index < -0.39 is 0 Å². The van der Waals surface area contributed by atoms with Gasteiger partial charge in [0.2, 0.25) is 0 Å². The molecule has 1 saturated heterocycles. The van der Waals surface area contributed by atoms with Crippen molar-refractivity contribution in [1.82, 2.24) is 9.88 Å². The zero-order valence-electron chi connectivity index (χ0n) is 13.3. The zero-order chi connectivity index (χ0) is 16.4. The summed E-state index contributed by atoms with van der Waals surface area (Å²) in [6.07, 6.45) is 3.86. The van der Waals surface area contributed by atoms with Crippen LogP contribution in [0.3, 0.4) is 0 Å². The Balaban J connectivity index is 2.11. The number of benzene rings is 1. The van der Waals surface area contributed by atoms with Gasteiger partial charge in [0.15, 0.2) is 0 Å². The molecule has 120 valence electrons. The van der Waals surface area contributed by atoms with Gasteiger partial charge in [-0.15, -0.1) is 0 Å². The smallest absolute Gasteiger partial charge is 0.279 e. The molecule has 0 unspecified atom stereocenters. The van der Waals surface area contributed by atoms with Gasteiger partial charge in [-0.2, -0.15) is 4.99 Å². The minimum atomic E-state index is -0.242. The van der Waals surface area contributed by atoms with Gasteiger partial charge in [0.05, 0.1) is 17.4 Å². The summed E-state index contributed by atoms with van der Waals surface area (Å²) in [5.41, 5.74) is 1.41. The number of rotatable bonds is 3. The number of carbonyl (C=O) groups excluding carboxylic acids is 1. The molecule has 23 heavy (non-hydrogen) atoms. The number of amides is 1. The number of fused-ring (bicyclic) bond motifs is 1. The molecule has 3 rings (SSSR count). The number of aromatic nitrogens is 1. The van der Waals surface area contributed by atoms with Crippen molar-refractivity contribution in [2.24, 2.45) is 4.99 Å². The molecule has 2 aromatic rings. The molecular formula is C17H19BrN4O. The van der Waals surface area contributed by atoms with Crippen LogP contribution in [0.4, 0.5) is 5.82 Å². The Bertz CT molecular complexity index is 767. The van der Waals surface area contributed by atoms with Gasteiger partial charge in [-0.25, -0.2) is 4.98 Å². The lowest BCUT2D eigenvalue weighted by Crippen LogP contribution is -2.19. The predicted octanol–water partition coefficient (Wildman–Crippen LogP) is 3.33. The van der Waals surface area contributed by atoms with Crippen molar-refractivity contribution in [2.45, 2.75) is 12.8 Å². The van der Waals surface area contributed by atoms with Crippen molar-refractivity contribution in [2.75, 3.05) is 32.1 Å². The van der Waals surface area contributed by atoms with E-state index in [-0.39, 0.29) is 5.91 Å². The summed E-state index contributed by atoms with van der Waals surface area (Å²) in [6.45, 7) is 1.97. The highest BCUT2D eigenvalue weighted by atomic mass is 79.9. The van der Waals surface area contributed by atoms with Crippen LogP contribution in [-0.2, 0) is 0 Å². The number of aliphatic imine (C=N–C) groups is 1. The molecule has 5 nitrogen and oxygen atoms in total. The van der Waals surface area contributed by atoms with E-state index in [9.17, 15) is 4.79 Å². The fourth-order valence-electron chi connectivity index (χ4n) is 2.71. The first-order valence-corrected chi connectivity index (χ1v) is 8.44. The van der Waals surface area contributed by atoms with Crippen LogP contribution in [0, 0.1) is 0 Å². The molecule has 1 aromatic heterocycles. The highest BCUT2D eigenvalue weighted by molar-refractivity contribution is 9.10. The maximum Gasteiger partial charge on any atom is 0.279 e. The fourth-order valence-corrected chi connectivity index (χ4v) is 3.06. The molecule has 1 aliphatic heterocycles. The molecule has 1 amide bonds. The highest BCUT2D eigenvalue weighted by Gasteiger charge is 2.18. The van der Waals surface area contributed by atoms with Gasteiger partial charge in [0.1, 0.15) is 5.82 Å². The molecule has 0 N–H and O–H groups in total. The minimum absolute atomic E-state index is 0.242. The van der Waals surface area contributed by atoms with Crippen LogP contribution in [0.2, 0.25) is 0 Å². The maximum atomic E-state index is 12.5. The van der Waals surface area contributed by atoms with Crippen LogP contribution in [-0.4, -0.2) is 49.3 Å². The van der Waals surface area contributed by atoms with E-state index in [2.05, 4.69) is 25.8 Å². The lowest BCUT2D eigenvalue weighted by atomic mass is 10.1. The Morgan fingerprint density at radius 1 is 1.30 bits per heavy atom. The van der Waals surface area contributed by atoms with E-state index in [1.165, 1.54) is 19.2 Å². The Hall–Kier alpha value is -1.95. The lowest BCUT2D eigenvalue weighted by Gasteiger charge is -2.18. The molecule has 0 spiro atoms. The summed E-state index contributed by atoms with van der Waals surface area (Å²) in [7, 11) is 3.68. The SMILES string of the molecule is CN(C)C=NC(=O)c1cc(N2CCCC2)nc2cc(Br)ccc12. The molecule has 1 fully saturated rings. The zero-order valence-corrected chi connectivity index (χ0v) is 14.9. The Morgan fingerprint density at radius 3 is 2.74 bits per heavy atom. The molecule has 0 saturated carbocycles. The molecule has 0 atom stereocenters. The largest absolute Gasteiger partial charge is 0.369 e. The average molecular weight is 375 g/mol. The summed E-state index contributed by atoms with van der Waals surface area (Å²) in [5.74, 6) is 0.616. The van der Waals surface area contributed by atoms with Crippen molar-refractivity contribution in [1.29, 1.82) is 0 Å². The number of hydrogen-bond acceptors (Lipinski definition) is 3.